The standard InChI is InChI=1S/C11H11N3OS/c1-8-14-9(7-16-8)6-13-11(15)10-4-2-3-5-12-10/h2-5,7H,6H2,1H3,(H,13,15). The summed E-state index contributed by atoms with van der Waals surface area (Å²) in [7, 11) is 0. The first-order chi connectivity index (χ1) is 7.75. The predicted octanol–water partition coefficient (Wildman–Crippen LogP) is 1.78. The van der Waals surface area contributed by atoms with Crippen molar-refractivity contribution in [2.45, 2.75) is 13.5 Å². The van der Waals surface area contributed by atoms with Crippen molar-refractivity contribution in [3.63, 3.8) is 0 Å². The molecule has 82 valence electrons. The van der Waals surface area contributed by atoms with E-state index in [-0.39, 0.29) is 5.91 Å². The van der Waals surface area contributed by atoms with Crippen molar-refractivity contribution in [3.05, 3.63) is 46.2 Å². The van der Waals surface area contributed by atoms with Gasteiger partial charge < -0.3 is 5.32 Å². The number of aromatic nitrogens is 2. The van der Waals surface area contributed by atoms with E-state index in [0.717, 1.165) is 10.7 Å². The van der Waals surface area contributed by atoms with Crippen LogP contribution in [-0.2, 0) is 6.54 Å². The van der Waals surface area contributed by atoms with E-state index in [9.17, 15) is 4.79 Å². The van der Waals surface area contributed by atoms with Gasteiger partial charge >= 0.3 is 0 Å². The molecule has 0 saturated heterocycles. The Morgan fingerprint density at radius 3 is 3.00 bits per heavy atom. The van der Waals surface area contributed by atoms with Gasteiger partial charge in [0.05, 0.1) is 17.2 Å². The highest BCUT2D eigenvalue weighted by Gasteiger charge is 2.06. The van der Waals surface area contributed by atoms with Crippen molar-refractivity contribution >= 4 is 17.2 Å². The molecule has 0 fully saturated rings. The van der Waals surface area contributed by atoms with Gasteiger partial charge in [0.15, 0.2) is 0 Å². The number of rotatable bonds is 3. The second kappa shape index (κ2) is 4.85. The molecule has 2 heterocycles. The third-order valence-electron chi connectivity index (χ3n) is 1.99. The predicted molar refractivity (Wildman–Crippen MR) is 62.3 cm³/mol. The first-order valence-corrected chi connectivity index (χ1v) is 5.74. The normalized spacial score (nSPS) is 10.1. The number of nitrogens with zero attached hydrogens (tertiary/aromatic N) is 2. The zero-order valence-corrected chi connectivity index (χ0v) is 9.62. The number of amides is 1. The second-order valence-corrected chi connectivity index (χ2v) is 4.32. The molecule has 0 atom stereocenters. The van der Waals surface area contributed by atoms with Gasteiger partial charge in [-0.2, -0.15) is 0 Å². The molecule has 16 heavy (non-hydrogen) atoms. The highest BCUT2D eigenvalue weighted by atomic mass is 32.1. The van der Waals surface area contributed by atoms with Crippen LogP contribution in [0.5, 0.6) is 0 Å². The Labute approximate surface area is 97.4 Å². The first-order valence-electron chi connectivity index (χ1n) is 4.86. The summed E-state index contributed by atoms with van der Waals surface area (Å²) in [6.07, 6.45) is 1.60. The van der Waals surface area contributed by atoms with E-state index < -0.39 is 0 Å². The fourth-order valence-electron chi connectivity index (χ4n) is 1.25. The smallest absolute Gasteiger partial charge is 0.270 e. The second-order valence-electron chi connectivity index (χ2n) is 3.26. The van der Waals surface area contributed by atoms with Crippen molar-refractivity contribution in [1.82, 2.24) is 15.3 Å². The summed E-state index contributed by atoms with van der Waals surface area (Å²) < 4.78 is 0. The fourth-order valence-corrected chi connectivity index (χ4v) is 1.86. The molecule has 0 radical (unpaired) electrons. The van der Waals surface area contributed by atoms with E-state index in [1.165, 1.54) is 0 Å². The Morgan fingerprint density at radius 1 is 1.50 bits per heavy atom. The van der Waals surface area contributed by atoms with E-state index in [4.69, 9.17) is 0 Å². The highest BCUT2D eigenvalue weighted by molar-refractivity contribution is 7.09. The topological polar surface area (TPSA) is 54.9 Å². The lowest BCUT2D eigenvalue weighted by atomic mass is 10.3. The molecular weight excluding hydrogens is 222 g/mol. The monoisotopic (exact) mass is 233 g/mol. The summed E-state index contributed by atoms with van der Waals surface area (Å²) in [6.45, 7) is 2.38. The van der Waals surface area contributed by atoms with Crippen LogP contribution in [0.2, 0.25) is 0 Å². The first kappa shape index (κ1) is 10.8. The number of thiazole rings is 1. The van der Waals surface area contributed by atoms with Crippen LogP contribution < -0.4 is 5.32 Å². The van der Waals surface area contributed by atoms with Gasteiger partial charge in [0.25, 0.3) is 5.91 Å². The van der Waals surface area contributed by atoms with Gasteiger partial charge in [0.1, 0.15) is 5.69 Å². The van der Waals surface area contributed by atoms with Gasteiger partial charge in [0.2, 0.25) is 0 Å². The summed E-state index contributed by atoms with van der Waals surface area (Å²) in [5.74, 6) is -0.175. The maximum absolute atomic E-state index is 11.6. The quantitative estimate of drug-likeness (QED) is 0.879. The lowest BCUT2D eigenvalue weighted by molar-refractivity contribution is 0.0945. The number of pyridine rings is 1. The molecule has 5 heteroatoms. The van der Waals surface area contributed by atoms with E-state index in [2.05, 4.69) is 15.3 Å². The van der Waals surface area contributed by atoms with Crippen molar-refractivity contribution in [2.75, 3.05) is 0 Å². The number of hydrogen-bond acceptors (Lipinski definition) is 4. The average Bonchev–Trinajstić information content (AvgIpc) is 2.73. The fraction of sp³-hybridized carbons (Fsp3) is 0.182. The van der Waals surface area contributed by atoms with Gasteiger partial charge in [-0.15, -0.1) is 11.3 Å². The number of aryl methyl sites for hydroxylation is 1. The van der Waals surface area contributed by atoms with Crippen LogP contribution in [-0.4, -0.2) is 15.9 Å². The van der Waals surface area contributed by atoms with Crippen LogP contribution in [0.25, 0.3) is 0 Å². The lowest BCUT2D eigenvalue weighted by Gasteiger charge is -2.01. The molecule has 0 aliphatic carbocycles. The Balaban J connectivity index is 1.94. The van der Waals surface area contributed by atoms with E-state index >= 15 is 0 Å². The maximum Gasteiger partial charge on any atom is 0.270 e. The Bertz CT molecular complexity index is 481. The molecule has 0 saturated carbocycles. The van der Waals surface area contributed by atoms with Gasteiger partial charge in [-0.05, 0) is 19.1 Å². The van der Waals surface area contributed by atoms with Crippen LogP contribution in [0.3, 0.4) is 0 Å². The van der Waals surface area contributed by atoms with Gasteiger partial charge in [-0.25, -0.2) is 4.98 Å². The molecule has 0 spiro atoms. The Hall–Kier alpha value is -1.75. The lowest BCUT2D eigenvalue weighted by Crippen LogP contribution is -2.23. The van der Waals surface area contributed by atoms with Crippen LogP contribution >= 0.6 is 11.3 Å². The summed E-state index contributed by atoms with van der Waals surface area (Å²) >= 11 is 1.57. The van der Waals surface area contributed by atoms with Crippen LogP contribution in [0, 0.1) is 6.92 Å². The number of carbonyl (C=O) groups is 1. The van der Waals surface area contributed by atoms with E-state index in [0.29, 0.717) is 12.2 Å². The van der Waals surface area contributed by atoms with Crippen molar-refractivity contribution in [3.8, 4) is 0 Å². The summed E-state index contributed by atoms with van der Waals surface area (Å²) in [6, 6.07) is 5.25. The van der Waals surface area contributed by atoms with E-state index in [1.54, 1.807) is 35.7 Å². The molecule has 0 unspecified atom stereocenters. The molecule has 0 bridgehead atoms. The zero-order chi connectivity index (χ0) is 11.4. The minimum atomic E-state index is -0.175. The van der Waals surface area contributed by atoms with Crippen molar-refractivity contribution in [1.29, 1.82) is 0 Å². The minimum absolute atomic E-state index is 0.175. The summed E-state index contributed by atoms with van der Waals surface area (Å²) in [4.78, 5) is 19.9. The third-order valence-corrected chi connectivity index (χ3v) is 2.82. The molecule has 2 rings (SSSR count). The number of carbonyl (C=O) groups excluding carboxylic acids is 1. The third kappa shape index (κ3) is 2.64. The largest absolute Gasteiger partial charge is 0.345 e. The summed E-state index contributed by atoms with van der Waals surface area (Å²) in [5.41, 5.74) is 1.31. The molecule has 0 aliphatic rings. The SMILES string of the molecule is Cc1nc(CNC(=O)c2ccccn2)cs1. The molecule has 2 aromatic heterocycles. The van der Waals surface area contributed by atoms with Crippen molar-refractivity contribution in [2.24, 2.45) is 0 Å². The Kier molecular flexibility index (Phi) is 3.26. The molecule has 1 amide bonds. The molecular formula is C11H11N3OS. The number of nitrogens with one attached hydrogen (secondary N) is 1. The van der Waals surface area contributed by atoms with Gasteiger partial charge in [-0.3, -0.25) is 9.78 Å². The maximum atomic E-state index is 11.6. The molecule has 1 N–H and O–H groups in total. The minimum Gasteiger partial charge on any atom is -0.345 e. The molecule has 0 aliphatic heterocycles. The van der Waals surface area contributed by atoms with Crippen molar-refractivity contribution < 1.29 is 4.79 Å². The molecule has 4 nitrogen and oxygen atoms in total. The Morgan fingerprint density at radius 2 is 2.38 bits per heavy atom. The highest BCUT2D eigenvalue weighted by Crippen LogP contribution is 2.07. The molecule has 0 aromatic carbocycles. The van der Waals surface area contributed by atoms with E-state index in [1.807, 2.05) is 12.3 Å². The summed E-state index contributed by atoms with van der Waals surface area (Å²) in [5, 5.41) is 5.71. The van der Waals surface area contributed by atoms with Crippen LogP contribution in [0.15, 0.2) is 29.8 Å². The molecule has 2 aromatic rings. The van der Waals surface area contributed by atoms with Gasteiger partial charge in [0, 0.05) is 11.6 Å². The average molecular weight is 233 g/mol. The van der Waals surface area contributed by atoms with Gasteiger partial charge in [-0.1, -0.05) is 6.07 Å². The van der Waals surface area contributed by atoms with Crippen LogP contribution in [0.4, 0.5) is 0 Å². The number of hydrogen-bond donors (Lipinski definition) is 1. The van der Waals surface area contributed by atoms with Crippen LogP contribution in [0.1, 0.15) is 21.2 Å². The zero-order valence-electron chi connectivity index (χ0n) is 8.80.